The van der Waals surface area contributed by atoms with Crippen LogP contribution in [-0.4, -0.2) is 20.1 Å². The van der Waals surface area contributed by atoms with E-state index in [1.54, 1.807) is 0 Å². The Bertz CT molecular complexity index is 699. The molecule has 0 radical (unpaired) electrons. The molecule has 6 nitrogen and oxygen atoms in total. The maximum Gasteiger partial charge on any atom is 0.243 e. The van der Waals surface area contributed by atoms with Crippen LogP contribution in [0.5, 0.6) is 0 Å². The molecule has 2 atom stereocenters. The Kier molecular flexibility index (Phi) is 3.70. The zero-order chi connectivity index (χ0) is 14.8. The van der Waals surface area contributed by atoms with Gasteiger partial charge in [0.05, 0.1) is 23.5 Å². The summed E-state index contributed by atoms with van der Waals surface area (Å²) in [6, 6.07) is 7.68. The minimum absolute atomic E-state index is 0.216. The molecule has 0 spiro atoms. The van der Waals surface area contributed by atoms with Crippen LogP contribution in [0, 0.1) is 5.92 Å². The van der Waals surface area contributed by atoms with Gasteiger partial charge in [0.2, 0.25) is 5.89 Å². The Morgan fingerprint density at radius 1 is 1.29 bits per heavy atom. The average molecular weight is 285 g/mol. The van der Waals surface area contributed by atoms with E-state index in [4.69, 9.17) is 10.3 Å². The monoisotopic (exact) mass is 285 g/mol. The van der Waals surface area contributed by atoms with Crippen molar-refractivity contribution < 1.29 is 4.52 Å². The summed E-state index contributed by atoms with van der Waals surface area (Å²) in [6.07, 6.45) is 1.48. The number of nitrogens with zero attached hydrogens (tertiary/aromatic N) is 3. The molecule has 3 N–H and O–H groups in total. The van der Waals surface area contributed by atoms with Crippen LogP contribution < -0.4 is 5.73 Å². The van der Waals surface area contributed by atoms with Crippen LogP contribution in [0.4, 0.5) is 0 Å². The first kappa shape index (κ1) is 13.8. The second kappa shape index (κ2) is 5.65. The second-order valence-electron chi connectivity index (χ2n) is 5.34. The van der Waals surface area contributed by atoms with E-state index in [2.05, 4.69) is 34.0 Å². The Hall–Kier alpha value is -2.21. The molecule has 110 valence electrons. The maximum atomic E-state index is 6.10. The molecule has 6 heteroatoms. The van der Waals surface area contributed by atoms with Crippen LogP contribution in [0.2, 0.25) is 0 Å². The van der Waals surface area contributed by atoms with Crippen molar-refractivity contribution in [1.29, 1.82) is 0 Å². The van der Waals surface area contributed by atoms with Crippen LogP contribution in [0.25, 0.3) is 11.0 Å². The van der Waals surface area contributed by atoms with E-state index in [0.717, 1.165) is 23.3 Å². The van der Waals surface area contributed by atoms with Crippen molar-refractivity contribution >= 4 is 11.0 Å². The van der Waals surface area contributed by atoms with E-state index in [1.807, 2.05) is 24.3 Å². The summed E-state index contributed by atoms with van der Waals surface area (Å²) in [4.78, 5) is 12.1. The normalized spacial score (nSPS) is 14.4. The van der Waals surface area contributed by atoms with Gasteiger partial charge in [-0.2, -0.15) is 4.98 Å². The molecule has 21 heavy (non-hydrogen) atoms. The minimum Gasteiger partial charge on any atom is -0.342 e. The van der Waals surface area contributed by atoms with Crippen molar-refractivity contribution in [2.45, 2.75) is 32.7 Å². The molecule has 0 aliphatic heterocycles. The highest BCUT2D eigenvalue weighted by Crippen LogP contribution is 2.20. The fourth-order valence-corrected chi connectivity index (χ4v) is 2.21. The Labute approximate surface area is 122 Å². The van der Waals surface area contributed by atoms with Crippen molar-refractivity contribution in [3.05, 3.63) is 41.8 Å². The summed E-state index contributed by atoms with van der Waals surface area (Å²) in [6.45, 7) is 4.17. The van der Waals surface area contributed by atoms with Crippen LogP contribution >= 0.6 is 0 Å². The number of nitrogens with one attached hydrogen (secondary N) is 1. The quantitative estimate of drug-likeness (QED) is 0.751. The Balaban J connectivity index is 1.77. The predicted octanol–water partition coefficient (Wildman–Crippen LogP) is 2.58. The molecule has 0 aliphatic rings. The van der Waals surface area contributed by atoms with Crippen molar-refractivity contribution in [3.8, 4) is 0 Å². The lowest BCUT2D eigenvalue weighted by Gasteiger charge is -2.12. The van der Waals surface area contributed by atoms with E-state index in [0.29, 0.717) is 24.1 Å². The van der Waals surface area contributed by atoms with Gasteiger partial charge < -0.3 is 15.2 Å². The number of fused-ring (bicyclic) bond motifs is 1. The van der Waals surface area contributed by atoms with Gasteiger partial charge in [0, 0.05) is 0 Å². The number of H-pyrrole nitrogens is 1. The van der Waals surface area contributed by atoms with E-state index >= 15 is 0 Å². The maximum absolute atomic E-state index is 6.10. The topological polar surface area (TPSA) is 93.6 Å². The van der Waals surface area contributed by atoms with Gasteiger partial charge in [0.15, 0.2) is 5.82 Å². The van der Waals surface area contributed by atoms with E-state index in [-0.39, 0.29) is 6.04 Å². The van der Waals surface area contributed by atoms with Gasteiger partial charge in [-0.15, -0.1) is 0 Å². The first-order chi connectivity index (χ1) is 10.2. The summed E-state index contributed by atoms with van der Waals surface area (Å²) in [7, 11) is 0. The van der Waals surface area contributed by atoms with Gasteiger partial charge in [0.1, 0.15) is 5.82 Å². The van der Waals surface area contributed by atoms with Crippen LogP contribution in [-0.2, 0) is 6.42 Å². The summed E-state index contributed by atoms with van der Waals surface area (Å²) in [5.41, 5.74) is 8.04. The molecular formula is C15H19N5O. The number of aromatic nitrogens is 4. The molecule has 1 aromatic carbocycles. The van der Waals surface area contributed by atoms with E-state index in [9.17, 15) is 0 Å². The van der Waals surface area contributed by atoms with E-state index < -0.39 is 0 Å². The summed E-state index contributed by atoms with van der Waals surface area (Å²) >= 11 is 0. The van der Waals surface area contributed by atoms with Gasteiger partial charge in [-0.25, -0.2) is 4.98 Å². The zero-order valence-electron chi connectivity index (χ0n) is 12.2. The molecule has 0 amide bonds. The summed E-state index contributed by atoms with van der Waals surface area (Å²) in [5.74, 6) is 2.23. The molecule has 2 aromatic heterocycles. The lowest BCUT2D eigenvalue weighted by atomic mass is 10.0. The lowest BCUT2D eigenvalue weighted by Crippen LogP contribution is -2.18. The highest BCUT2D eigenvalue weighted by molar-refractivity contribution is 5.74. The van der Waals surface area contributed by atoms with Crippen molar-refractivity contribution in [2.24, 2.45) is 11.7 Å². The van der Waals surface area contributed by atoms with Gasteiger partial charge in [-0.05, 0) is 18.1 Å². The number of imidazole rings is 1. The standard InChI is InChI=1S/C15H19N5O/c1-3-9(2)14(16)15-19-13(20-21-15)8-12-17-10-6-4-5-7-11(10)18-12/h4-7,9,14H,3,8,16H2,1-2H3,(H,17,18)/t9?,14-/m0/s1. The number of rotatable bonds is 5. The van der Waals surface area contributed by atoms with Crippen molar-refractivity contribution in [3.63, 3.8) is 0 Å². The van der Waals surface area contributed by atoms with Crippen LogP contribution in [0.15, 0.2) is 28.8 Å². The van der Waals surface area contributed by atoms with Crippen molar-refractivity contribution in [2.75, 3.05) is 0 Å². The van der Waals surface area contributed by atoms with Crippen LogP contribution in [0.3, 0.4) is 0 Å². The SMILES string of the molecule is CCC(C)[C@H](N)c1nc(Cc2nc3ccccc3[nH]2)no1. The number of hydrogen-bond acceptors (Lipinski definition) is 5. The number of aromatic amines is 1. The number of nitrogens with two attached hydrogens (primary N) is 1. The van der Waals surface area contributed by atoms with Crippen LogP contribution in [0.1, 0.15) is 43.8 Å². The smallest absolute Gasteiger partial charge is 0.243 e. The molecule has 1 unspecified atom stereocenters. The molecule has 3 aromatic rings. The third-order valence-corrected chi connectivity index (χ3v) is 3.79. The fourth-order valence-electron chi connectivity index (χ4n) is 2.21. The molecule has 0 aliphatic carbocycles. The molecule has 2 heterocycles. The lowest BCUT2D eigenvalue weighted by molar-refractivity contribution is 0.310. The average Bonchev–Trinajstić information content (AvgIpc) is 3.12. The van der Waals surface area contributed by atoms with Crippen molar-refractivity contribution in [1.82, 2.24) is 20.1 Å². The zero-order valence-corrected chi connectivity index (χ0v) is 12.2. The number of hydrogen-bond donors (Lipinski definition) is 2. The first-order valence-corrected chi connectivity index (χ1v) is 7.19. The van der Waals surface area contributed by atoms with Gasteiger partial charge in [-0.3, -0.25) is 0 Å². The van der Waals surface area contributed by atoms with Gasteiger partial charge in [0.25, 0.3) is 0 Å². The third-order valence-electron chi connectivity index (χ3n) is 3.79. The summed E-state index contributed by atoms with van der Waals surface area (Å²) in [5, 5.41) is 3.99. The Morgan fingerprint density at radius 2 is 2.10 bits per heavy atom. The number of para-hydroxylation sites is 2. The Morgan fingerprint density at radius 3 is 2.86 bits per heavy atom. The number of benzene rings is 1. The summed E-state index contributed by atoms with van der Waals surface area (Å²) < 4.78 is 5.27. The molecule has 3 rings (SSSR count). The first-order valence-electron chi connectivity index (χ1n) is 7.19. The largest absolute Gasteiger partial charge is 0.342 e. The molecule has 0 bridgehead atoms. The minimum atomic E-state index is -0.216. The molecule has 0 saturated carbocycles. The van der Waals surface area contributed by atoms with E-state index in [1.165, 1.54) is 0 Å². The third kappa shape index (κ3) is 2.80. The highest BCUT2D eigenvalue weighted by Gasteiger charge is 2.20. The molecular weight excluding hydrogens is 266 g/mol. The second-order valence-corrected chi connectivity index (χ2v) is 5.34. The van der Waals surface area contributed by atoms with Gasteiger partial charge in [-0.1, -0.05) is 37.6 Å². The predicted molar refractivity (Wildman–Crippen MR) is 79.6 cm³/mol. The highest BCUT2D eigenvalue weighted by atomic mass is 16.5. The molecule has 0 saturated heterocycles. The molecule has 0 fully saturated rings. The van der Waals surface area contributed by atoms with Gasteiger partial charge >= 0.3 is 0 Å². The fraction of sp³-hybridized carbons (Fsp3) is 0.400.